The minimum Gasteiger partial charge on any atom is -0.493 e. The van der Waals surface area contributed by atoms with Crippen molar-refractivity contribution in [1.82, 2.24) is 0 Å². The minimum atomic E-state index is -1.11. The summed E-state index contributed by atoms with van der Waals surface area (Å²) in [4.78, 5) is 42.0. The number of thioether (sulfide) groups is 1. The van der Waals surface area contributed by atoms with Gasteiger partial charge in [-0.1, -0.05) is 35.5 Å². The van der Waals surface area contributed by atoms with Crippen LogP contribution in [0, 0.1) is 12.8 Å². The van der Waals surface area contributed by atoms with Crippen molar-refractivity contribution in [1.29, 1.82) is 0 Å². The number of aryl methyl sites for hydroxylation is 1. The summed E-state index contributed by atoms with van der Waals surface area (Å²) in [5.41, 5.74) is 2.37. The molecule has 34 heavy (non-hydrogen) atoms. The molecule has 1 unspecified atom stereocenters. The largest absolute Gasteiger partial charge is 0.493 e. The van der Waals surface area contributed by atoms with E-state index in [4.69, 9.17) is 14.2 Å². The molecule has 178 valence electrons. The number of nitrogens with zero attached hydrogens (tertiary/aromatic N) is 1. The average molecular weight is 484 g/mol. The highest BCUT2D eigenvalue weighted by molar-refractivity contribution is 8.19. The van der Waals surface area contributed by atoms with Crippen LogP contribution in [0.2, 0.25) is 0 Å². The number of esters is 2. The van der Waals surface area contributed by atoms with Crippen molar-refractivity contribution in [2.24, 2.45) is 10.9 Å². The lowest BCUT2D eigenvalue weighted by Gasteiger charge is -2.10. The molecule has 2 aromatic carbocycles. The maximum Gasteiger partial charge on any atom is 0.343 e. The molecule has 1 heterocycles. The Hall–Kier alpha value is -3.59. The first-order valence-electron chi connectivity index (χ1n) is 10.5. The number of carbonyl (C=O) groups excluding carboxylic acids is 3. The number of hydrogen-bond donors (Lipinski definition) is 0. The molecule has 0 aromatic heterocycles. The second kappa shape index (κ2) is 11.5. The maximum atomic E-state index is 13.1. The van der Waals surface area contributed by atoms with Gasteiger partial charge in [-0.3, -0.25) is 9.59 Å². The van der Waals surface area contributed by atoms with Crippen LogP contribution in [-0.2, 0) is 23.9 Å². The fourth-order valence-electron chi connectivity index (χ4n) is 3.08. The Morgan fingerprint density at radius 1 is 1.09 bits per heavy atom. The zero-order valence-corrected chi connectivity index (χ0v) is 20.1. The molecule has 1 saturated heterocycles. The van der Waals surface area contributed by atoms with E-state index in [9.17, 15) is 14.4 Å². The molecule has 1 atom stereocenters. The summed E-state index contributed by atoms with van der Waals surface area (Å²) in [6.07, 6.45) is 1.66. The van der Waals surface area contributed by atoms with Gasteiger partial charge in [0, 0.05) is 0 Å². The summed E-state index contributed by atoms with van der Waals surface area (Å²) in [7, 11) is 2.74. The van der Waals surface area contributed by atoms with Gasteiger partial charge in [-0.05, 0) is 49.8 Å². The lowest BCUT2D eigenvalue weighted by molar-refractivity contribution is -0.147. The third kappa shape index (κ3) is 6.05. The van der Waals surface area contributed by atoms with Crippen LogP contribution in [0.3, 0.4) is 0 Å². The van der Waals surface area contributed by atoms with E-state index in [1.165, 1.54) is 14.2 Å². The molecule has 0 bridgehead atoms. The highest BCUT2D eigenvalue weighted by Gasteiger charge is 2.42. The standard InChI is InChI=1S/C25H25NO7S/c1-5-32-25(29)22-23(28)20(34-24(22)26-17-9-6-15(2)7-10-17)13-16-8-11-18(19(12-16)30-3)33-14-21(27)31-4/h6-13,22H,5,14H2,1-4H3/b20-13-,26-24?. The van der Waals surface area contributed by atoms with Gasteiger partial charge in [-0.15, -0.1) is 0 Å². The van der Waals surface area contributed by atoms with E-state index in [1.54, 1.807) is 31.2 Å². The molecule has 3 rings (SSSR count). The number of Topliss-reactive ketones (excluding diaryl/α,β-unsaturated/α-hetero) is 1. The van der Waals surface area contributed by atoms with Gasteiger partial charge in [-0.2, -0.15) is 0 Å². The normalized spacial score (nSPS) is 17.6. The molecule has 0 amide bonds. The molecule has 0 aliphatic carbocycles. The van der Waals surface area contributed by atoms with E-state index >= 15 is 0 Å². The SMILES string of the molecule is CCOC(=O)C1C(=O)/C(=C/c2ccc(OCC(=O)OC)c(OC)c2)SC1=Nc1ccc(C)cc1. The minimum absolute atomic E-state index is 0.161. The number of allylic oxidation sites excluding steroid dienone is 1. The van der Waals surface area contributed by atoms with E-state index in [-0.39, 0.29) is 19.0 Å². The van der Waals surface area contributed by atoms with E-state index < -0.39 is 17.9 Å². The second-order valence-corrected chi connectivity index (χ2v) is 8.28. The Morgan fingerprint density at radius 2 is 1.82 bits per heavy atom. The maximum absolute atomic E-state index is 13.1. The molecule has 1 aliphatic rings. The van der Waals surface area contributed by atoms with Crippen molar-refractivity contribution in [2.75, 3.05) is 27.4 Å². The lowest BCUT2D eigenvalue weighted by atomic mass is 10.0. The molecule has 1 aliphatic heterocycles. The number of ketones is 1. The monoisotopic (exact) mass is 483 g/mol. The third-order valence-electron chi connectivity index (χ3n) is 4.82. The molecule has 0 saturated carbocycles. The van der Waals surface area contributed by atoms with Gasteiger partial charge in [-0.25, -0.2) is 9.79 Å². The van der Waals surface area contributed by atoms with Crippen LogP contribution in [0.25, 0.3) is 6.08 Å². The average Bonchev–Trinajstić information content (AvgIpc) is 3.13. The zero-order chi connectivity index (χ0) is 24.7. The molecule has 0 N–H and O–H groups in total. The lowest BCUT2D eigenvalue weighted by Crippen LogP contribution is -2.27. The Bertz CT molecular complexity index is 1140. The van der Waals surface area contributed by atoms with Crippen molar-refractivity contribution in [3.05, 3.63) is 58.5 Å². The molecule has 0 spiro atoms. The second-order valence-electron chi connectivity index (χ2n) is 7.22. The predicted molar refractivity (Wildman–Crippen MR) is 129 cm³/mol. The van der Waals surface area contributed by atoms with E-state index in [2.05, 4.69) is 9.73 Å². The summed E-state index contributed by atoms with van der Waals surface area (Å²) in [5, 5.41) is 0.364. The van der Waals surface area contributed by atoms with Crippen molar-refractivity contribution in [2.45, 2.75) is 13.8 Å². The Labute approximate surface area is 201 Å². The topological polar surface area (TPSA) is 100 Å². The van der Waals surface area contributed by atoms with E-state index in [1.807, 2.05) is 31.2 Å². The fraction of sp³-hybridized carbons (Fsp3) is 0.280. The van der Waals surface area contributed by atoms with Gasteiger partial charge >= 0.3 is 11.9 Å². The zero-order valence-electron chi connectivity index (χ0n) is 19.3. The van der Waals surface area contributed by atoms with Crippen molar-refractivity contribution in [3.63, 3.8) is 0 Å². The van der Waals surface area contributed by atoms with Gasteiger partial charge in [0.15, 0.2) is 29.8 Å². The van der Waals surface area contributed by atoms with Crippen molar-refractivity contribution < 1.29 is 33.3 Å². The summed E-state index contributed by atoms with van der Waals surface area (Å²) in [6.45, 7) is 3.55. The number of methoxy groups -OCH3 is 2. The number of aliphatic imine (C=N–C) groups is 1. The molecular formula is C25H25NO7S. The highest BCUT2D eigenvalue weighted by atomic mass is 32.2. The number of benzene rings is 2. The van der Waals surface area contributed by atoms with Crippen LogP contribution in [0.1, 0.15) is 18.1 Å². The third-order valence-corrected chi connectivity index (χ3v) is 5.90. The summed E-state index contributed by atoms with van der Waals surface area (Å²) in [6, 6.07) is 12.5. The molecule has 9 heteroatoms. The Morgan fingerprint density at radius 3 is 2.47 bits per heavy atom. The molecule has 8 nitrogen and oxygen atoms in total. The number of rotatable bonds is 8. The highest BCUT2D eigenvalue weighted by Crippen LogP contribution is 2.39. The first-order valence-corrected chi connectivity index (χ1v) is 11.3. The number of hydrogen-bond acceptors (Lipinski definition) is 9. The smallest absolute Gasteiger partial charge is 0.343 e. The van der Waals surface area contributed by atoms with Gasteiger partial charge < -0.3 is 18.9 Å². The van der Waals surface area contributed by atoms with Crippen LogP contribution in [0.15, 0.2) is 52.4 Å². The van der Waals surface area contributed by atoms with Gasteiger partial charge in [0.05, 0.1) is 31.4 Å². The van der Waals surface area contributed by atoms with Gasteiger partial charge in [0.1, 0.15) is 5.04 Å². The summed E-state index contributed by atoms with van der Waals surface area (Å²) >= 11 is 1.14. The molecule has 1 fully saturated rings. The van der Waals surface area contributed by atoms with Crippen LogP contribution in [0.5, 0.6) is 11.5 Å². The molecular weight excluding hydrogens is 458 g/mol. The summed E-state index contributed by atoms with van der Waals surface area (Å²) < 4.78 is 20.5. The van der Waals surface area contributed by atoms with Gasteiger partial charge in [0.2, 0.25) is 0 Å². The summed E-state index contributed by atoms with van der Waals surface area (Å²) in [5.74, 6) is -1.90. The number of ether oxygens (including phenoxy) is 4. The van der Waals surface area contributed by atoms with Crippen molar-refractivity contribution >= 4 is 46.3 Å². The first-order chi connectivity index (χ1) is 16.4. The van der Waals surface area contributed by atoms with Crippen LogP contribution >= 0.6 is 11.8 Å². The van der Waals surface area contributed by atoms with Crippen LogP contribution in [-0.4, -0.2) is 50.2 Å². The quantitative estimate of drug-likeness (QED) is 0.314. The van der Waals surface area contributed by atoms with E-state index in [0.717, 1.165) is 17.3 Å². The Balaban J connectivity index is 1.91. The van der Waals surface area contributed by atoms with Crippen LogP contribution in [0.4, 0.5) is 5.69 Å². The fourth-order valence-corrected chi connectivity index (χ4v) is 4.20. The number of carbonyl (C=O) groups is 3. The Kier molecular flexibility index (Phi) is 8.48. The van der Waals surface area contributed by atoms with Gasteiger partial charge in [0.25, 0.3) is 0 Å². The molecule has 0 radical (unpaired) electrons. The van der Waals surface area contributed by atoms with Crippen molar-refractivity contribution in [3.8, 4) is 11.5 Å². The first kappa shape index (κ1) is 25.0. The van der Waals surface area contributed by atoms with E-state index in [0.29, 0.717) is 32.7 Å². The predicted octanol–water partition coefficient (Wildman–Crippen LogP) is 4.12. The van der Waals surface area contributed by atoms with Crippen LogP contribution < -0.4 is 9.47 Å². The molecule has 2 aromatic rings.